The maximum Gasteiger partial charge on any atom is 0.410 e. The number of halogens is 2. The number of benzene rings is 1. The molecule has 1 fully saturated rings. The zero-order chi connectivity index (χ0) is 31.6. The van der Waals surface area contributed by atoms with E-state index in [1.54, 1.807) is 24.0 Å². The van der Waals surface area contributed by atoms with Gasteiger partial charge in [0.15, 0.2) is 5.82 Å². The lowest BCUT2D eigenvalue weighted by atomic mass is 10.00. The number of piperidine rings is 1. The fourth-order valence-electron chi connectivity index (χ4n) is 6.02. The van der Waals surface area contributed by atoms with E-state index in [9.17, 15) is 18.4 Å². The first kappa shape index (κ1) is 32.3. The molecule has 1 aromatic heterocycles. The number of likely N-dealkylation sites (tertiary alicyclic amines) is 1. The van der Waals surface area contributed by atoms with Gasteiger partial charge in [0.1, 0.15) is 5.60 Å². The van der Waals surface area contributed by atoms with Crippen molar-refractivity contribution < 1.29 is 23.1 Å². The second kappa shape index (κ2) is 12.9. The third-order valence-electron chi connectivity index (χ3n) is 8.00. The van der Waals surface area contributed by atoms with Crippen LogP contribution in [0.1, 0.15) is 89.2 Å². The molecule has 11 heteroatoms. The van der Waals surface area contributed by atoms with Crippen LogP contribution in [0.2, 0.25) is 0 Å². The molecule has 0 aliphatic carbocycles. The van der Waals surface area contributed by atoms with Crippen LogP contribution in [0.25, 0.3) is 5.57 Å². The summed E-state index contributed by atoms with van der Waals surface area (Å²) in [7, 11) is 3.73. The lowest BCUT2D eigenvalue weighted by molar-refractivity contribution is -0.130. The highest BCUT2D eigenvalue weighted by atomic mass is 19.3. The Kier molecular flexibility index (Phi) is 9.71. The standard InChI is InChI=1S/C32H46F2N6O3/c1-9-39(24-10-11-25(21(2)19-36(7)8)26(18-24)29(33)34)30-27-20-38(31(42)43-32(4,5)6)17-14-28(27)40(35-30)23-12-15-37(16-13-23)22(3)41/h10-11,18-19,23,29H,9,12-17,20H2,1-8H3/b21-19+. The summed E-state index contributed by atoms with van der Waals surface area (Å²) in [5.41, 5.74) is 3.16. The van der Waals surface area contributed by atoms with Gasteiger partial charge in [-0.2, -0.15) is 5.10 Å². The topological polar surface area (TPSA) is 74.2 Å². The first-order valence-electron chi connectivity index (χ1n) is 15.1. The minimum atomic E-state index is -2.65. The minimum Gasteiger partial charge on any atom is -0.444 e. The number of hydrogen-bond acceptors (Lipinski definition) is 6. The first-order valence-corrected chi connectivity index (χ1v) is 15.1. The van der Waals surface area contributed by atoms with Crippen molar-refractivity contribution in [2.75, 3.05) is 45.2 Å². The van der Waals surface area contributed by atoms with E-state index in [-0.39, 0.29) is 23.6 Å². The van der Waals surface area contributed by atoms with Crippen LogP contribution in [0.4, 0.5) is 25.1 Å². The van der Waals surface area contributed by atoms with E-state index < -0.39 is 12.0 Å². The number of ether oxygens (including phenoxy) is 1. The second-order valence-electron chi connectivity index (χ2n) is 12.7. The average molecular weight is 601 g/mol. The number of rotatable bonds is 7. The quantitative estimate of drug-likeness (QED) is 0.367. The van der Waals surface area contributed by atoms with Crippen LogP contribution in [-0.2, 0) is 22.5 Å². The van der Waals surface area contributed by atoms with Gasteiger partial charge in [0, 0.05) is 82.3 Å². The van der Waals surface area contributed by atoms with Gasteiger partial charge in [-0.1, -0.05) is 6.07 Å². The molecule has 0 saturated carbocycles. The second-order valence-corrected chi connectivity index (χ2v) is 12.7. The Morgan fingerprint density at radius 2 is 1.79 bits per heavy atom. The van der Waals surface area contributed by atoms with Crippen LogP contribution < -0.4 is 4.90 Å². The fourth-order valence-corrected chi connectivity index (χ4v) is 6.02. The number of anilines is 2. The van der Waals surface area contributed by atoms with Gasteiger partial charge in [-0.05, 0) is 70.7 Å². The summed E-state index contributed by atoms with van der Waals surface area (Å²) < 4.78 is 36.5. The maximum absolute atomic E-state index is 14.4. The van der Waals surface area contributed by atoms with Gasteiger partial charge in [-0.25, -0.2) is 13.6 Å². The van der Waals surface area contributed by atoms with Crippen LogP contribution >= 0.6 is 0 Å². The van der Waals surface area contributed by atoms with Crippen molar-refractivity contribution in [3.63, 3.8) is 0 Å². The largest absolute Gasteiger partial charge is 0.444 e. The Balaban J connectivity index is 1.77. The zero-order valence-electron chi connectivity index (χ0n) is 26.8. The third kappa shape index (κ3) is 7.30. The molecule has 1 saturated heterocycles. The van der Waals surface area contributed by atoms with E-state index >= 15 is 0 Å². The van der Waals surface area contributed by atoms with Crippen molar-refractivity contribution in [1.29, 1.82) is 0 Å². The number of amides is 2. The number of fused-ring (bicyclic) bond motifs is 1. The minimum absolute atomic E-state index is 0.0353. The highest BCUT2D eigenvalue weighted by Gasteiger charge is 2.35. The molecule has 2 amide bonds. The van der Waals surface area contributed by atoms with Crippen molar-refractivity contribution in [3.8, 4) is 0 Å². The molecule has 4 rings (SSSR count). The summed E-state index contributed by atoms with van der Waals surface area (Å²) in [5.74, 6) is 0.731. The van der Waals surface area contributed by atoms with Crippen LogP contribution in [0.3, 0.4) is 0 Å². The molecular weight excluding hydrogens is 554 g/mol. The molecule has 9 nitrogen and oxygen atoms in total. The lowest BCUT2D eigenvalue weighted by Gasteiger charge is -2.34. The van der Waals surface area contributed by atoms with Crippen LogP contribution in [0.15, 0.2) is 24.4 Å². The van der Waals surface area contributed by atoms with Crippen LogP contribution in [-0.4, -0.2) is 82.4 Å². The normalized spacial score (nSPS) is 16.4. The van der Waals surface area contributed by atoms with E-state index in [1.165, 1.54) is 0 Å². The summed E-state index contributed by atoms with van der Waals surface area (Å²) in [5, 5.41) is 5.13. The average Bonchev–Trinajstić information content (AvgIpc) is 3.30. The predicted octanol–water partition coefficient (Wildman–Crippen LogP) is 6.38. The Bertz CT molecular complexity index is 1360. The lowest BCUT2D eigenvalue weighted by Crippen LogP contribution is -2.41. The molecule has 0 bridgehead atoms. The summed E-state index contributed by atoms with van der Waals surface area (Å²) in [6, 6.07) is 5.27. The molecule has 43 heavy (non-hydrogen) atoms. The summed E-state index contributed by atoms with van der Waals surface area (Å²) in [4.78, 5) is 32.4. The highest BCUT2D eigenvalue weighted by molar-refractivity contribution is 5.74. The Morgan fingerprint density at radius 3 is 2.35 bits per heavy atom. The van der Waals surface area contributed by atoms with Crippen LogP contribution in [0, 0.1) is 0 Å². The van der Waals surface area contributed by atoms with Gasteiger partial charge >= 0.3 is 6.09 Å². The highest BCUT2D eigenvalue weighted by Crippen LogP contribution is 2.39. The number of nitrogens with zero attached hydrogens (tertiary/aromatic N) is 6. The molecule has 2 aromatic rings. The van der Waals surface area contributed by atoms with Crippen molar-refractivity contribution in [2.45, 2.75) is 85.4 Å². The van der Waals surface area contributed by atoms with Gasteiger partial charge in [-0.15, -0.1) is 0 Å². The van der Waals surface area contributed by atoms with Crippen molar-refractivity contribution >= 4 is 29.1 Å². The van der Waals surface area contributed by atoms with Crippen LogP contribution in [0.5, 0.6) is 0 Å². The van der Waals surface area contributed by atoms with Gasteiger partial charge in [-0.3, -0.25) is 9.48 Å². The smallest absolute Gasteiger partial charge is 0.410 e. The van der Waals surface area contributed by atoms with Gasteiger partial charge in [0.2, 0.25) is 5.91 Å². The summed E-state index contributed by atoms with van der Waals surface area (Å²) in [6.07, 6.45) is 0.941. The molecule has 236 valence electrons. The van der Waals surface area contributed by atoms with E-state index in [2.05, 4.69) is 4.68 Å². The summed E-state index contributed by atoms with van der Waals surface area (Å²) >= 11 is 0. The molecular formula is C32H46F2N6O3. The number of aromatic nitrogens is 2. The summed E-state index contributed by atoms with van der Waals surface area (Å²) in [6.45, 7) is 13.5. The van der Waals surface area contributed by atoms with E-state index in [0.29, 0.717) is 56.2 Å². The van der Waals surface area contributed by atoms with Crippen molar-refractivity contribution in [3.05, 3.63) is 46.8 Å². The molecule has 0 N–H and O–H groups in total. The van der Waals surface area contributed by atoms with E-state index in [1.807, 2.05) is 75.7 Å². The molecule has 0 spiro atoms. The number of carbonyl (C=O) groups is 2. The zero-order valence-corrected chi connectivity index (χ0v) is 26.8. The Labute approximate surface area is 254 Å². The van der Waals surface area contributed by atoms with Crippen molar-refractivity contribution in [2.24, 2.45) is 0 Å². The van der Waals surface area contributed by atoms with Gasteiger partial charge in [0.25, 0.3) is 6.43 Å². The number of allylic oxidation sites excluding steroid dienone is 1. The van der Waals surface area contributed by atoms with E-state index in [4.69, 9.17) is 9.84 Å². The SMILES string of the molecule is CCN(c1ccc(/C(C)=C/N(C)C)c(C(F)F)c1)c1nn(C2CCN(C(C)=O)CC2)c2c1CN(C(=O)OC(C)(C)C)CC2. The number of carbonyl (C=O) groups excluding carboxylic acids is 2. The maximum atomic E-state index is 14.4. The first-order chi connectivity index (χ1) is 20.2. The molecule has 2 aliphatic heterocycles. The van der Waals surface area contributed by atoms with Gasteiger partial charge in [0.05, 0.1) is 12.6 Å². The monoisotopic (exact) mass is 600 g/mol. The van der Waals surface area contributed by atoms with E-state index in [0.717, 1.165) is 29.7 Å². The Hall–Kier alpha value is -3.63. The third-order valence-corrected chi connectivity index (χ3v) is 8.00. The molecule has 3 heterocycles. The number of hydrogen-bond donors (Lipinski definition) is 0. The molecule has 0 atom stereocenters. The molecule has 0 unspecified atom stereocenters. The Morgan fingerprint density at radius 1 is 1.12 bits per heavy atom. The molecule has 2 aliphatic rings. The number of alkyl halides is 2. The van der Waals surface area contributed by atoms with Gasteiger partial charge < -0.3 is 24.3 Å². The van der Waals surface area contributed by atoms with Crippen molar-refractivity contribution in [1.82, 2.24) is 24.5 Å². The molecule has 1 aromatic carbocycles. The predicted molar refractivity (Wildman–Crippen MR) is 165 cm³/mol. The molecule has 0 radical (unpaired) electrons. The fraction of sp³-hybridized carbons (Fsp3) is 0.594.